The van der Waals surface area contributed by atoms with Crippen molar-refractivity contribution in [3.05, 3.63) is 59.7 Å². The first kappa shape index (κ1) is 24.6. The Morgan fingerprint density at radius 3 is 2.52 bits per heavy atom. The number of benzene rings is 2. The zero-order valence-electron chi connectivity index (χ0n) is 17.7. The molecule has 3 rings (SSSR count). The van der Waals surface area contributed by atoms with E-state index >= 15 is 0 Å². The fourth-order valence-corrected chi connectivity index (χ4v) is 4.78. The highest BCUT2D eigenvalue weighted by Gasteiger charge is 2.38. The van der Waals surface area contributed by atoms with Gasteiger partial charge in [-0.05, 0) is 42.3 Å². The van der Waals surface area contributed by atoms with E-state index in [2.05, 4.69) is 10.6 Å². The first-order chi connectivity index (χ1) is 15.7. The van der Waals surface area contributed by atoms with Crippen molar-refractivity contribution in [1.82, 2.24) is 14.9 Å². The lowest BCUT2D eigenvalue weighted by Gasteiger charge is -2.23. The summed E-state index contributed by atoms with van der Waals surface area (Å²) in [5.41, 5.74) is 0.932. The van der Waals surface area contributed by atoms with Crippen LogP contribution in [-0.2, 0) is 30.8 Å². The van der Waals surface area contributed by atoms with Gasteiger partial charge in [0.25, 0.3) is 0 Å². The van der Waals surface area contributed by atoms with Crippen LogP contribution in [0.15, 0.2) is 47.4 Å². The zero-order chi connectivity index (χ0) is 24.0. The van der Waals surface area contributed by atoms with Gasteiger partial charge >= 0.3 is 11.8 Å². The largest absolute Gasteiger partial charge is 0.497 e. The summed E-state index contributed by atoms with van der Waals surface area (Å²) in [7, 11) is -2.87. The third-order valence-corrected chi connectivity index (χ3v) is 6.83. The lowest BCUT2D eigenvalue weighted by molar-refractivity contribution is -0.139. The zero-order valence-corrected chi connectivity index (χ0v) is 18.5. The summed E-state index contributed by atoms with van der Waals surface area (Å²) < 4.78 is 64.2. The van der Waals surface area contributed by atoms with E-state index < -0.39 is 44.6 Å². The van der Waals surface area contributed by atoms with E-state index in [0.29, 0.717) is 24.3 Å². The second kappa shape index (κ2) is 10.7. The van der Waals surface area contributed by atoms with Crippen molar-refractivity contribution < 1.29 is 36.3 Å². The molecular formula is C21H23F2N3O6S. The van der Waals surface area contributed by atoms with Crippen LogP contribution in [0.1, 0.15) is 5.56 Å². The number of hydrogen-bond donors (Lipinski definition) is 2. The third kappa shape index (κ3) is 6.03. The van der Waals surface area contributed by atoms with E-state index in [0.717, 1.165) is 15.9 Å². The molecule has 178 valence electrons. The van der Waals surface area contributed by atoms with Crippen molar-refractivity contribution in [2.24, 2.45) is 0 Å². The highest BCUT2D eigenvalue weighted by molar-refractivity contribution is 7.89. The van der Waals surface area contributed by atoms with Crippen molar-refractivity contribution in [2.45, 2.75) is 17.5 Å². The summed E-state index contributed by atoms with van der Waals surface area (Å²) in [5, 5.41) is 4.77. The molecule has 0 saturated carbocycles. The maximum Gasteiger partial charge on any atom is 0.309 e. The number of sulfonamides is 1. The fraction of sp³-hybridized carbons (Fsp3) is 0.333. The van der Waals surface area contributed by atoms with E-state index in [1.165, 1.54) is 0 Å². The molecule has 1 saturated heterocycles. The molecule has 1 aliphatic heterocycles. The average molecular weight is 483 g/mol. The van der Waals surface area contributed by atoms with Gasteiger partial charge in [-0.1, -0.05) is 12.1 Å². The molecule has 1 heterocycles. The van der Waals surface area contributed by atoms with Crippen LogP contribution in [0, 0.1) is 11.6 Å². The predicted octanol–water partition coefficient (Wildman–Crippen LogP) is 0.795. The van der Waals surface area contributed by atoms with Gasteiger partial charge in [-0.3, -0.25) is 9.59 Å². The third-order valence-electron chi connectivity index (χ3n) is 4.92. The van der Waals surface area contributed by atoms with Gasteiger partial charge < -0.3 is 20.1 Å². The number of amides is 2. The molecule has 33 heavy (non-hydrogen) atoms. The van der Waals surface area contributed by atoms with Crippen LogP contribution < -0.4 is 15.4 Å². The van der Waals surface area contributed by atoms with Crippen LogP contribution in [0.4, 0.5) is 8.78 Å². The smallest absolute Gasteiger partial charge is 0.309 e. The van der Waals surface area contributed by atoms with Gasteiger partial charge in [0.2, 0.25) is 10.0 Å². The van der Waals surface area contributed by atoms with Gasteiger partial charge in [0, 0.05) is 13.1 Å². The molecule has 0 aliphatic carbocycles. The summed E-state index contributed by atoms with van der Waals surface area (Å²) in [5.74, 6) is -3.19. The monoisotopic (exact) mass is 483 g/mol. The molecule has 2 aromatic carbocycles. The molecule has 0 spiro atoms. The number of nitrogens with one attached hydrogen (secondary N) is 2. The Bertz CT molecular complexity index is 1110. The molecule has 1 fully saturated rings. The first-order valence-corrected chi connectivity index (χ1v) is 11.4. The Labute approximate surface area is 189 Å². The van der Waals surface area contributed by atoms with Crippen LogP contribution >= 0.6 is 0 Å². The number of methoxy groups -OCH3 is 1. The highest BCUT2D eigenvalue weighted by atomic mass is 32.2. The number of hydrogen-bond acceptors (Lipinski definition) is 6. The van der Waals surface area contributed by atoms with Crippen molar-refractivity contribution in [1.29, 1.82) is 0 Å². The van der Waals surface area contributed by atoms with Gasteiger partial charge in [-0.15, -0.1) is 0 Å². The minimum atomic E-state index is -4.43. The molecule has 1 aliphatic rings. The molecule has 12 heteroatoms. The van der Waals surface area contributed by atoms with Gasteiger partial charge in [0.1, 0.15) is 28.5 Å². The minimum absolute atomic E-state index is 0.00917. The predicted molar refractivity (Wildman–Crippen MR) is 113 cm³/mol. The SMILES string of the molecule is COc1ccc(CCNC(=O)C(=O)NC[C@@H]2OCCN2S(=O)(=O)c2cc(F)ccc2F)cc1. The van der Waals surface area contributed by atoms with Crippen molar-refractivity contribution in [3.8, 4) is 5.75 Å². The van der Waals surface area contributed by atoms with Crippen LogP contribution in [-0.4, -0.2) is 64.1 Å². The Balaban J connectivity index is 1.52. The van der Waals surface area contributed by atoms with E-state index in [-0.39, 0.29) is 26.2 Å². The van der Waals surface area contributed by atoms with Crippen molar-refractivity contribution >= 4 is 21.8 Å². The van der Waals surface area contributed by atoms with E-state index in [1.54, 1.807) is 19.2 Å². The molecule has 2 N–H and O–H groups in total. The summed E-state index contributed by atoms with van der Waals surface area (Å²) in [6, 6.07) is 9.32. The van der Waals surface area contributed by atoms with Crippen molar-refractivity contribution in [3.63, 3.8) is 0 Å². The number of ether oxygens (including phenoxy) is 2. The average Bonchev–Trinajstić information content (AvgIpc) is 3.29. The van der Waals surface area contributed by atoms with Crippen LogP contribution in [0.3, 0.4) is 0 Å². The Morgan fingerprint density at radius 1 is 1.12 bits per heavy atom. The van der Waals surface area contributed by atoms with Crippen LogP contribution in [0.2, 0.25) is 0 Å². The molecule has 0 radical (unpaired) electrons. The number of rotatable bonds is 8. The lowest BCUT2D eigenvalue weighted by Crippen LogP contribution is -2.47. The van der Waals surface area contributed by atoms with Gasteiger partial charge in [-0.2, -0.15) is 4.31 Å². The summed E-state index contributed by atoms with van der Waals surface area (Å²) >= 11 is 0. The topological polar surface area (TPSA) is 114 Å². The number of carbonyl (C=O) groups is 2. The highest BCUT2D eigenvalue weighted by Crippen LogP contribution is 2.25. The van der Waals surface area contributed by atoms with Gasteiger partial charge in [0.15, 0.2) is 0 Å². The Hall–Kier alpha value is -3.09. The molecular weight excluding hydrogens is 460 g/mol. The molecule has 1 atom stereocenters. The quantitative estimate of drug-likeness (QED) is 0.537. The second-order valence-corrected chi connectivity index (χ2v) is 8.94. The fourth-order valence-electron chi connectivity index (χ4n) is 3.20. The second-order valence-electron chi connectivity index (χ2n) is 7.08. The van der Waals surface area contributed by atoms with E-state index in [9.17, 15) is 26.8 Å². The summed E-state index contributed by atoms with van der Waals surface area (Å²) in [4.78, 5) is 23.3. The maximum atomic E-state index is 14.0. The Kier molecular flexibility index (Phi) is 7.95. The standard InChI is InChI=1S/C21H23F2N3O6S/c1-31-16-5-2-14(3-6-16)8-9-24-20(27)21(28)25-13-19-26(10-11-32-19)33(29,30)18-12-15(22)4-7-17(18)23/h2-7,12,19H,8-11,13H2,1H3,(H,24,27)(H,25,28)/t19-/m0/s1. The lowest BCUT2D eigenvalue weighted by atomic mass is 10.1. The minimum Gasteiger partial charge on any atom is -0.497 e. The normalized spacial score (nSPS) is 16.4. The molecule has 0 unspecified atom stereocenters. The van der Waals surface area contributed by atoms with Gasteiger partial charge in [0.05, 0.1) is 20.3 Å². The number of carbonyl (C=O) groups excluding carboxylic acids is 2. The number of nitrogens with zero attached hydrogens (tertiary/aromatic N) is 1. The van der Waals surface area contributed by atoms with E-state index in [4.69, 9.17) is 9.47 Å². The maximum absolute atomic E-state index is 14.0. The van der Waals surface area contributed by atoms with Gasteiger partial charge in [-0.25, -0.2) is 17.2 Å². The van der Waals surface area contributed by atoms with Crippen LogP contribution in [0.25, 0.3) is 0 Å². The summed E-state index contributed by atoms with van der Waals surface area (Å²) in [6.45, 7) is -0.267. The Morgan fingerprint density at radius 2 is 1.82 bits per heavy atom. The van der Waals surface area contributed by atoms with Crippen LogP contribution in [0.5, 0.6) is 5.75 Å². The van der Waals surface area contributed by atoms with E-state index in [1.807, 2.05) is 12.1 Å². The first-order valence-electron chi connectivity index (χ1n) is 10.00. The molecule has 9 nitrogen and oxygen atoms in total. The number of halogens is 2. The molecule has 0 aromatic heterocycles. The molecule has 0 bridgehead atoms. The molecule has 2 aromatic rings. The van der Waals surface area contributed by atoms with Crippen molar-refractivity contribution in [2.75, 3.05) is 33.4 Å². The molecule has 2 amide bonds. The summed E-state index contributed by atoms with van der Waals surface area (Å²) in [6.07, 6.45) is -0.686.